The van der Waals surface area contributed by atoms with E-state index in [1.807, 2.05) is 0 Å². The summed E-state index contributed by atoms with van der Waals surface area (Å²) in [5, 5.41) is 13.8. The second kappa shape index (κ2) is 4.08. The summed E-state index contributed by atoms with van der Waals surface area (Å²) in [6.07, 6.45) is 7.74. The van der Waals surface area contributed by atoms with Gasteiger partial charge in [0, 0.05) is 0 Å². The van der Waals surface area contributed by atoms with Gasteiger partial charge in [0.25, 0.3) is 0 Å². The Labute approximate surface area is 114 Å². The first-order chi connectivity index (χ1) is 9.28. The third-order valence-corrected chi connectivity index (χ3v) is 5.06. The third kappa shape index (κ3) is 1.64. The minimum atomic E-state index is -0.585. The normalized spacial score (nSPS) is 20.9. The van der Waals surface area contributed by atoms with Crippen molar-refractivity contribution in [1.82, 2.24) is 0 Å². The van der Waals surface area contributed by atoms with Crippen LogP contribution in [0.2, 0.25) is 0 Å². The summed E-state index contributed by atoms with van der Waals surface area (Å²) in [6.45, 7) is 0. The maximum atomic E-state index is 11.0. The molecule has 1 saturated carbocycles. The van der Waals surface area contributed by atoms with Crippen molar-refractivity contribution in [3.63, 3.8) is 0 Å². The zero-order chi connectivity index (χ0) is 12.9. The molecule has 0 atom stereocenters. The number of aliphatic hydroxyl groups is 1. The fraction of sp³-hybridized carbons (Fsp3) is 0.444. The molecule has 0 radical (unpaired) electrons. The first-order valence-electron chi connectivity index (χ1n) is 7.54. The van der Waals surface area contributed by atoms with Crippen LogP contribution in [0, 0.1) is 0 Å². The first kappa shape index (κ1) is 11.5. The van der Waals surface area contributed by atoms with Gasteiger partial charge in [-0.3, -0.25) is 0 Å². The predicted molar refractivity (Wildman–Crippen MR) is 78.3 cm³/mol. The molecular formula is C18H20O. The first-order valence-corrected chi connectivity index (χ1v) is 7.54. The number of aryl methyl sites for hydroxylation is 2. The van der Waals surface area contributed by atoms with Gasteiger partial charge >= 0.3 is 0 Å². The average molecular weight is 252 g/mol. The second-order valence-electron chi connectivity index (χ2n) is 6.20. The van der Waals surface area contributed by atoms with Gasteiger partial charge in [0.2, 0.25) is 0 Å². The second-order valence-corrected chi connectivity index (χ2v) is 6.20. The molecule has 2 aliphatic carbocycles. The zero-order valence-electron chi connectivity index (χ0n) is 11.3. The number of benzene rings is 2. The van der Waals surface area contributed by atoms with E-state index in [0.29, 0.717) is 0 Å². The molecule has 1 fully saturated rings. The summed E-state index contributed by atoms with van der Waals surface area (Å²) in [5.74, 6) is 0. The SMILES string of the molecule is OC1(c2ccc3c4c(cccc24)CC3)CCCCC1. The number of hydrogen-bond donors (Lipinski definition) is 1. The van der Waals surface area contributed by atoms with Gasteiger partial charge < -0.3 is 5.11 Å². The van der Waals surface area contributed by atoms with Crippen LogP contribution >= 0.6 is 0 Å². The highest BCUT2D eigenvalue weighted by Crippen LogP contribution is 2.42. The Morgan fingerprint density at radius 2 is 1.58 bits per heavy atom. The highest BCUT2D eigenvalue weighted by molar-refractivity contribution is 5.93. The van der Waals surface area contributed by atoms with Gasteiger partial charge in [-0.25, -0.2) is 0 Å². The summed E-state index contributed by atoms with van der Waals surface area (Å²) >= 11 is 0. The van der Waals surface area contributed by atoms with Gasteiger partial charge in [0.1, 0.15) is 0 Å². The van der Waals surface area contributed by atoms with E-state index in [1.165, 1.54) is 33.9 Å². The Balaban J connectivity index is 1.96. The van der Waals surface area contributed by atoms with Crippen molar-refractivity contribution >= 4 is 10.8 Å². The van der Waals surface area contributed by atoms with E-state index in [9.17, 15) is 5.11 Å². The van der Waals surface area contributed by atoms with Crippen molar-refractivity contribution < 1.29 is 5.11 Å². The van der Waals surface area contributed by atoms with Crippen LogP contribution < -0.4 is 0 Å². The van der Waals surface area contributed by atoms with Gasteiger partial charge in [0.05, 0.1) is 5.60 Å². The fourth-order valence-electron chi connectivity index (χ4n) is 4.06. The van der Waals surface area contributed by atoms with Crippen molar-refractivity contribution in [2.75, 3.05) is 0 Å². The van der Waals surface area contributed by atoms with E-state index in [0.717, 1.165) is 38.5 Å². The standard InChI is InChI=1S/C18H20O/c19-18(11-2-1-3-12-18)16-10-9-14-8-7-13-5-4-6-15(16)17(13)14/h4-6,9-10,19H,1-3,7-8,11-12H2. The van der Waals surface area contributed by atoms with E-state index < -0.39 is 5.60 Å². The minimum absolute atomic E-state index is 0.585. The molecule has 0 aliphatic heterocycles. The highest BCUT2D eigenvalue weighted by atomic mass is 16.3. The zero-order valence-corrected chi connectivity index (χ0v) is 11.3. The number of hydrogen-bond acceptors (Lipinski definition) is 1. The smallest absolute Gasteiger partial charge is 0.0902 e. The van der Waals surface area contributed by atoms with Crippen LogP contribution in [0.25, 0.3) is 10.8 Å². The summed E-state index contributed by atoms with van der Waals surface area (Å²) < 4.78 is 0. The summed E-state index contributed by atoms with van der Waals surface area (Å²) in [4.78, 5) is 0. The lowest BCUT2D eigenvalue weighted by atomic mass is 9.77. The Morgan fingerprint density at radius 3 is 2.37 bits per heavy atom. The molecule has 0 heterocycles. The molecule has 0 aromatic heterocycles. The molecule has 0 spiro atoms. The van der Waals surface area contributed by atoms with Crippen LogP contribution in [0.5, 0.6) is 0 Å². The molecule has 2 aromatic carbocycles. The van der Waals surface area contributed by atoms with Crippen molar-refractivity contribution in [3.8, 4) is 0 Å². The molecule has 2 aliphatic rings. The molecule has 4 rings (SSSR count). The molecule has 19 heavy (non-hydrogen) atoms. The maximum absolute atomic E-state index is 11.0. The van der Waals surface area contributed by atoms with Crippen LogP contribution in [0.1, 0.15) is 48.8 Å². The van der Waals surface area contributed by atoms with Crippen LogP contribution in [0.15, 0.2) is 30.3 Å². The molecule has 1 nitrogen and oxygen atoms in total. The molecule has 1 heteroatoms. The monoisotopic (exact) mass is 252 g/mol. The Bertz CT molecular complexity index is 625. The van der Waals surface area contributed by atoms with Crippen LogP contribution in [0.4, 0.5) is 0 Å². The van der Waals surface area contributed by atoms with Crippen LogP contribution in [-0.2, 0) is 18.4 Å². The average Bonchev–Trinajstić information content (AvgIpc) is 2.85. The van der Waals surface area contributed by atoms with E-state index in [2.05, 4.69) is 30.3 Å². The topological polar surface area (TPSA) is 20.2 Å². The molecule has 0 saturated heterocycles. The maximum Gasteiger partial charge on any atom is 0.0902 e. The predicted octanol–water partition coefficient (Wildman–Crippen LogP) is 4.09. The lowest BCUT2D eigenvalue weighted by Crippen LogP contribution is -2.28. The van der Waals surface area contributed by atoms with Gasteiger partial charge in [-0.05, 0) is 53.1 Å². The summed E-state index contributed by atoms with van der Waals surface area (Å²) in [7, 11) is 0. The molecule has 98 valence electrons. The largest absolute Gasteiger partial charge is 0.385 e. The van der Waals surface area contributed by atoms with E-state index in [1.54, 1.807) is 0 Å². The van der Waals surface area contributed by atoms with Crippen molar-refractivity contribution in [1.29, 1.82) is 0 Å². The third-order valence-electron chi connectivity index (χ3n) is 5.06. The molecular weight excluding hydrogens is 232 g/mol. The molecule has 2 aromatic rings. The summed E-state index contributed by atoms with van der Waals surface area (Å²) in [6, 6.07) is 11.0. The van der Waals surface area contributed by atoms with Crippen LogP contribution in [0.3, 0.4) is 0 Å². The quantitative estimate of drug-likeness (QED) is 0.810. The van der Waals surface area contributed by atoms with Crippen molar-refractivity contribution in [2.45, 2.75) is 50.5 Å². The minimum Gasteiger partial charge on any atom is -0.385 e. The Kier molecular flexibility index (Phi) is 2.46. The van der Waals surface area contributed by atoms with Gasteiger partial charge in [-0.1, -0.05) is 49.6 Å². The van der Waals surface area contributed by atoms with Crippen molar-refractivity contribution in [2.24, 2.45) is 0 Å². The van der Waals surface area contributed by atoms with E-state index in [4.69, 9.17) is 0 Å². The number of rotatable bonds is 1. The van der Waals surface area contributed by atoms with Gasteiger partial charge in [0.15, 0.2) is 0 Å². The van der Waals surface area contributed by atoms with Gasteiger partial charge in [-0.2, -0.15) is 0 Å². The Hall–Kier alpha value is -1.34. The molecule has 0 unspecified atom stereocenters. The van der Waals surface area contributed by atoms with E-state index in [-0.39, 0.29) is 0 Å². The van der Waals surface area contributed by atoms with Crippen molar-refractivity contribution in [3.05, 3.63) is 47.0 Å². The van der Waals surface area contributed by atoms with Crippen LogP contribution in [-0.4, -0.2) is 5.11 Å². The summed E-state index contributed by atoms with van der Waals surface area (Å²) in [5.41, 5.74) is 3.52. The lowest BCUT2D eigenvalue weighted by molar-refractivity contribution is 0.000760. The van der Waals surface area contributed by atoms with E-state index >= 15 is 0 Å². The van der Waals surface area contributed by atoms with Gasteiger partial charge in [-0.15, -0.1) is 0 Å². The Morgan fingerprint density at radius 1 is 0.842 bits per heavy atom. The molecule has 0 amide bonds. The lowest BCUT2D eigenvalue weighted by Gasteiger charge is -2.33. The molecule has 1 N–H and O–H groups in total. The highest BCUT2D eigenvalue weighted by Gasteiger charge is 2.33. The fourth-order valence-corrected chi connectivity index (χ4v) is 4.06. The molecule has 0 bridgehead atoms.